The van der Waals surface area contributed by atoms with Gasteiger partial charge < -0.3 is 10.6 Å². The van der Waals surface area contributed by atoms with Crippen LogP contribution >= 0.6 is 0 Å². The Morgan fingerprint density at radius 1 is 1.38 bits per heavy atom. The van der Waals surface area contributed by atoms with Crippen molar-refractivity contribution in [3.8, 4) is 5.69 Å². The summed E-state index contributed by atoms with van der Waals surface area (Å²) < 4.78 is 0. The van der Waals surface area contributed by atoms with Gasteiger partial charge in [-0.3, -0.25) is 4.79 Å². The van der Waals surface area contributed by atoms with Gasteiger partial charge in [0.2, 0.25) is 0 Å². The number of hydrogen-bond donors (Lipinski definition) is 1. The predicted molar refractivity (Wildman–Crippen MR) is 79.1 cm³/mol. The summed E-state index contributed by atoms with van der Waals surface area (Å²) in [6, 6.07) is 3.61. The number of aromatic nitrogens is 4. The molecule has 2 rings (SSSR count). The number of carbonyl (C=O) groups is 1. The first-order chi connectivity index (χ1) is 10.1. The van der Waals surface area contributed by atoms with Crippen molar-refractivity contribution in [2.45, 2.75) is 26.3 Å². The van der Waals surface area contributed by atoms with E-state index in [0.717, 1.165) is 12.1 Å². The van der Waals surface area contributed by atoms with E-state index in [2.05, 4.69) is 15.2 Å². The van der Waals surface area contributed by atoms with Gasteiger partial charge in [-0.05, 0) is 25.5 Å². The second kappa shape index (κ2) is 6.45. The van der Waals surface area contributed by atoms with E-state index in [0.29, 0.717) is 17.9 Å². The number of hydrogen-bond acceptors (Lipinski definition) is 5. The van der Waals surface area contributed by atoms with E-state index in [1.807, 2.05) is 19.9 Å². The summed E-state index contributed by atoms with van der Waals surface area (Å²) in [7, 11) is 1.74. The maximum absolute atomic E-state index is 12.7. The fourth-order valence-electron chi connectivity index (χ4n) is 2.14. The van der Waals surface area contributed by atoms with Crippen LogP contribution in [0.25, 0.3) is 5.69 Å². The van der Waals surface area contributed by atoms with Crippen LogP contribution in [0.15, 0.2) is 24.5 Å². The molecule has 2 aromatic heterocycles. The van der Waals surface area contributed by atoms with Gasteiger partial charge in [-0.25, -0.2) is 4.98 Å². The Hall–Kier alpha value is -2.28. The Kier molecular flexibility index (Phi) is 4.64. The zero-order valence-corrected chi connectivity index (χ0v) is 12.5. The van der Waals surface area contributed by atoms with E-state index < -0.39 is 0 Å². The van der Waals surface area contributed by atoms with E-state index >= 15 is 0 Å². The molecule has 1 unspecified atom stereocenters. The number of aryl methyl sites for hydroxylation is 1. The molecule has 0 aliphatic carbocycles. The zero-order chi connectivity index (χ0) is 15.4. The lowest BCUT2D eigenvalue weighted by molar-refractivity contribution is 0.0726. The Labute approximate surface area is 123 Å². The van der Waals surface area contributed by atoms with Gasteiger partial charge in [0.05, 0.1) is 12.4 Å². The topological polar surface area (TPSA) is 89.9 Å². The van der Waals surface area contributed by atoms with Gasteiger partial charge in [-0.1, -0.05) is 6.92 Å². The van der Waals surface area contributed by atoms with E-state index in [-0.39, 0.29) is 11.9 Å². The van der Waals surface area contributed by atoms with Gasteiger partial charge in [-0.2, -0.15) is 10.2 Å². The van der Waals surface area contributed by atoms with E-state index in [9.17, 15) is 4.79 Å². The van der Waals surface area contributed by atoms with Crippen molar-refractivity contribution in [2.75, 3.05) is 13.6 Å². The highest BCUT2D eigenvalue weighted by molar-refractivity contribution is 5.95. The van der Waals surface area contributed by atoms with Crippen LogP contribution in [0.1, 0.15) is 29.5 Å². The van der Waals surface area contributed by atoms with Crippen molar-refractivity contribution < 1.29 is 4.79 Å². The molecule has 7 nitrogen and oxygen atoms in total. The molecule has 0 bridgehead atoms. The average molecular weight is 288 g/mol. The lowest BCUT2D eigenvalue weighted by Crippen LogP contribution is -2.42. The Bertz CT molecular complexity index is 606. The van der Waals surface area contributed by atoms with Gasteiger partial charge in [0.1, 0.15) is 5.69 Å². The van der Waals surface area contributed by atoms with Crippen molar-refractivity contribution >= 4 is 5.91 Å². The lowest BCUT2D eigenvalue weighted by Gasteiger charge is -2.26. The molecule has 1 amide bonds. The SMILES string of the molecule is CCC(CN)N(C)C(=O)c1nc(C)ccc1-n1nccn1. The van der Waals surface area contributed by atoms with Crippen LogP contribution in [0.5, 0.6) is 0 Å². The molecule has 21 heavy (non-hydrogen) atoms. The summed E-state index contributed by atoms with van der Waals surface area (Å²) in [4.78, 5) is 20.1. The van der Waals surface area contributed by atoms with Gasteiger partial charge in [0, 0.05) is 25.3 Å². The standard InChI is InChI=1S/C14H20N6O/c1-4-11(9-15)19(3)14(21)13-12(6-5-10(2)18-13)20-16-7-8-17-20/h5-8,11H,4,9,15H2,1-3H3. The van der Waals surface area contributed by atoms with Crippen molar-refractivity contribution in [3.05, 3.63) is 35.9 Å². The first-order valence-electron chi connectivity index (χ1n) is 6.90. The summed E-state index contributed by atoms with van der Waals surface area (Å²) in [5.74, 6) is -0.177. The monoisotopic (exact) mass is 288 g/mol. The fourth-order valence-corrected chi connectivity index (χ4v) is 2.14. The molecule has 0 aliphatic heterocycles. The molecule has 2 heterocycles. The smallest absolute Gasteiger partial charge is 0.274 e. The molecule has 0 saturated heterocycles. The largest absolute Gasteiger partial charge is 0.336 e. The normalized spacial score (nSPS) is 12.2. The number of rotatable bonds is 5. The Balaban J connectivity index is 2.43. The number of carbonyl (C=O) groups excluding carboxylic acids is 1. The number of nitrogens with two attached hydrogens (primary N) is 1. The maximum Gasteiger partial charge on any atom is 0.274 e. The molecule has 7 heteroatoms. The van der Waals surface area contributed by atoms with Crippen LogP contribution in [-0.4, -0.2) is 50.4 Å². The summed E-state index contributed by atoms with van der Waals surface area (Å²) >= 11 is 0. The molecule has 1 atom stereocenters. The molecular weight excluding hydrogens is 268 g/mol. The highest BCUT2D eigenvalue weighted by atomic mass is 16.2. The van der Waals surface area contributed by atoms with Crippen LogP contribution in [0.4, 0.5) is 0 Å². The Morgan fingerprint density at radius 2 is 2.05 bits per heavy atom. The molecule has 2 N–H and O–H groups in total. The van der Waals surface area contributed by atoms with Crippen molar-refractivity contribution in [1.82, 2.24) is 24.9 Å². The minimum atomic E-state index is -0.177. The summed E-state index contributed by atoms with van der Waals surface area (Å²) in [6.07, 6.45) is 3.92. The highest BCUT2D eigenvalue weighted by Gasteiger charge is 2.23. The number of amides is 1. The van der Waals surface area contributed by atoms with Crippen molar-refractivity contribution in [3.63, 3.8) is 0 Å². The summed E-state index contributed by atoms with van der Waals surface area (Å²) in [6.45, 7) is 4.26. The van der Waals surface area contributed by atoms with Crippen LogP contribution in [-0.2, 0) is 0 Å². The molecule has 112 valence electrons. The van der Waals surface area contributed by atoms with Crippen LogP contribution in [0, 0.1) is 6.92 Å². The van der Waals surface area contributed by atoms with E-state index in [1.54, 1.807) is 30.4 Å². The zero-order valence-electron chi connectivity index (χ0n) is 12.5. The Morgan fingerprint density at radius 3 is 2.62 bits per heavy atom. The second-order valence-corrected chi connectivity index (χ2v) is 4.85. The minimum Gasteiger partial charge on any atom is -0.336 e. The van der Waals surface area contributed by atoms with Crippen molar-refractivity contribution in [1.29, 1.82) is 0 Å². The second-order valence-electron chi connectivity index (χ2n) is 4.85. The summed E-state index contributed by atoms with van der Waals surface area (Å²) in [5, 5.41) is 8.15. The third-order valence-electron chi connectivity index (χ3n) is 3.46. The lowest BCUT2D eigenvalue weighted by atomic mass is 10.1. The fraction of sp³-hybridized carbons (Fsp3) is 0.429. The summed E-state index contributed by atoms with van der Waals surface area (Å²) in [5.41, 5.74) is 7.38. The van der Waals surface area contributed by atoms with Crippen LogP contribution in [0.2, 0.25) is 0 Å². The first-order valence-corrected chi connectivity index (χ1v) is 6.90. The quantitative estimate of drug-likeness (QED) is 0.878. The number of likely N-dealkylation sites (N-methyl/N-ethyl adjacent to an activating group) is 1. The van der Waals surface area contributed by atoms with E-state index in [4.69, 9.17) is 5.73 Å². The molecule has 2 aromatic rings. The molecular formula is C14H20N6O. The van der Waals surface area contributed by atoms with Crippen LogP contribution in [0.3, 0.4) is 0 Å². The molecule has 0 spiro atoms. The van der Waals surface area contributed by atoms with Crippen molar-refractivity contribution in [2.24, 2.45) is 5.73 Å². The molecule has 0 aromatic carbocycles. The molecule has 0 fully saturated rings. The van der Waals surface area contributed by atoms with Gasteiger partial charge in [0.15, 0.2) is 5.69 Å². The van der Waals surface area contributed by atoms with Crippen LogP contribution < -0.4 is 5.73 Å². The third kappa shape index (κ3) is 3.08. The van der Waals surface area contributed by atoms with Gasteiger partial charge in [-0.15, -0.1) is 4.80 Å². The highest BCUT2D eigenvalue weighted by Crippen LogP contribution is 2.15. The van der Waals surface area contributed by atoms with Gasteiger partial charge in [0.25, 0.3) is 5.91 Å². The number of pyridine rings is 1. The maximum atomic E-state index is 12.7. The number of nitrogens with zero attached hydrogens (tertiary/aromatic N) is 5. The average Bonchev–Trinajstić information content (AvgIpc) is 3.01. The molecule has 0 radical (unpaired) electrons. The first kappa shape index (κ1) is 15.1. The predicted octanol–water partition coefficient (Wildman–Crippen LogP) is 0.780. The minimum absolute atomic E-state index is 0.0155. The third-order valence-corrected chi connectivity index (χ3v) is 3.46. The molecule has 0 saturated carbocycles. The van der Waals surface area contributed by atoms with E-state index in [1.165, 1.54) is 4.80 Å². The van der Waals surface area contributed by atoms with Gasteiger partial charge >= 0.3 is 0 Å². The molecule has 0 aliphatic rings.